The first-order chi connectivity index (χ1) is 13.2. The Kier molecular flexibility index (Phi) is 4.90. The van der Waals surface area contributed by atoms with Gasteiger partial charge in [0.1, 0.15) is 5.65 Å². The van der Waals surface area contributed by atoms with Gasteiger partial charge in [-0.3, -0.25) is 0 Å². The molecule has 0 aliphatic carbocycles. The van der Waals surface area contributed by atoms with Gasteiger partial charge in [-0.15, -0.1) is 0 Å². The number of rotatable bonds is 6. The van der Waals surface area contributed by atoms with Crippen molar-refractivity contribution in [2.45, 2.75) is 13.1 Å². The minimum Gasteiger partial charge on any atom is -0.378 e. The summed E-state index contributed by atoms with van der Waals surface area (Å²) in [5.74, 6) is 0. The van der Waals surface area contributed by atoms with Gasteiger partial charge < -0.3 is 15.2 Å². The fraction of sp³-hybridized carbons (Fsp3) is 0.174. The highest BCUT2D eigenvalue weighted by atomic mass is 15.1. The van der Waals surface area contributed by atoms with Crippen LogP contribution in [0, 0.1) is 0 Å². The molecule has 0 saturated carbocycles. The highest BCUT2D eigenvalue weighted by Gasteiger charge is 2.05. The smallest absolute Gasteiger partial charge is 0.137 e. The SMILES string of the molecule is CN(C)c1ccc(CNCc2ccc(-c3ccnc4[nH]ccc34)cc2)cc1. The summed E-state index contributed by atoms with van der Waals surface area (Å²) in [4.78, 5) is 9.65. The van der Waals surface area contributed by atoms with Gasteiger partial charge in [-0.1, -0.05) is 36.4 Å². The number of H-pyrrole nitrogens is 1. The van der Waals surface area contributed by atoms with Gasteiger partial charge in [0.2, 0.25) is 0 Å². The van der Waals surface area contributed by atoms with E-state index in [1.54, 1.807) is 0 Å². The van der Waals surface area contributed by atoms with Crippen LogP contribution >= 0.6 is 0 Å². The monoisotopic (exact) mass is 356 g/mol. The number of aromatic amines is 1. The van der Waals surface area contributed by atoms with Crippen LogP contribution in [0.1, 0.15) is 11.1 Å². The van der Waals surface area contributed by atoms with Crippen molar-refractivity contribution in [3.05, 3.63) is 84.2 Å². The van der Waals surface area contributed by atoms with Gasteiger partial charge in [-0.2, -0.15) is 0 Å². The maximum atomic E-state index is 4.36. The van der Waals surface area contributed by atoms with Crippen LogP contribution in [0.15, 0.2) is 73.1 Å². The molecule has 0 fully saturated rings. The molecule has 136 valence electrons. The van der Waals surface area contributed by atoms with Gasteiger partial charge in [0.15, 0.2) is 0 Å². The third-order valence-corrected chi connectivity index (χ3v) is 4.84. The molecule has 0 spiro atoms. The van der Waals surface area contributed by atoms with Crippen molar-refractivity contribution in [3.8, 4) is 11.1 Å². The standard InChI is InChI=1S/C23H24N4/c1-27(2)20-9-5-18(6-10-20)16-24-15-17-3-7-19(8-4-17)21-11-13-25-23-22(21)12-14-26-23/h3-14,24H,15-16H2,1-2H3,(H,25,26). The van der Waals surface area contributed by atoms with Crippen molar-refractivity contribution in [1.29, 1.82) is 0 Å². The molecule has 0 aliphatic heterocycles. The lowest BCUT2D eigenvalue weighted by atomic mass is 10.0. The van der Waals surface area contributed by atoms with Crippen LogP contribution in [0.25, 0.3) is 22.2 Å². The molecule has 2 heterocycles. The number of anilines is 1. The van der Waals surface area contributed by atoms with Crippen LogP contribution in [0.5, 0.6) is 0 Å². The summed E-state index contributed by atoms with van der Waals surface area (Å²) in [6.07, 6.45) is 3.79. The Morgan fingerprint density at radius 1 is 0.852 bits per heavy atom. The van der Waals surface area contributed by atoms with Crippen LogP contribution in [0.2, 0.25) is 0 Å². The molecule has 27 heavy (non-hydrogen) atoms. The van der Waals surface area contributed by atoms with Crippen LogP contribution in [0.4, 0.5) is 5.69 Å². The number of pyridine rings is 1. The number of benzene rings is 2. The van der Waals surface area contributed by atoms with Crippen molar-refractivity contribution in [3.63, 3.8) is 0 Å². The van der Waals surface area contributed by atoms with E-state index in [-0.39, 0.29) is 0 Å². The van der Waals surface area contributed by atoms with Crippen molar-refractivity contribution in [1.82, 2.24) is 15.3 Å². The molecule has 0 aliphatic rings. The average Bonchev–Trinajstić information content (AvgIpc) is 3.18. The Hall–Kier alpha value is -3.11. The van der Waals surface area contributed by atoms with Crippen LogP contribution < -0.4 is 10.2 Å². The summed E-state index contributed by atoms with van der Waals surface area (Å²) in [7, 11) is 4.12. The molecule has 0 amide bonds. The molecule has 2 N–H and O–H groups in total. The summed E-state index contributed by atoms with van der Waals surface area (Å²) in [6, 6.07) is 21.6. The van der Waals surface area contributed by atoms with E-state index in [0.29, 0.717) is 0 Å². The Morgan fingerprint density at radius 3 is 2.19 bits per heavy atom. The van der Waals surface area contributed by atoms with Crippen LogP contribution in [-0.4, -0.2) is 24.1 Å². The second kappa shape index (κ2) is 7.64. The first-order valence-electron chi connectivity index (χ1n) is 9.19. The topological polar surface area (TPSA) is 44.0 Å². The molecular weight excluding hydrogens is 332 g/mol. The van der Waals surface area contributed by atoms with E-state index >= 15 is 0 Å². The van der Waals surface area contributed by atoms with Crippen LogP contribution in [-0.2, 0) is 13.1 Å². The molecule has 4 aromatic rings. The zero-order valence-corrected chi connectivity index (χ0v) is 15.7. The molecule has 0 unspecified atom stereocenters. The summed E-state index contributed by atoms with van der Waals surface area (Å²) in [5, 5.41) is 4.68. The van der Waals surface area contributed by atoms with Crippen molar-refractivity contribution in [2.75, 3.05) is 19.0 Å². The second-order valence-electron chi connectivity index (χ2n) is 6.96. The molecule has 2 aromatic carbocycles. The molecule has 0 radical (unpaired) electrons. The fourth-order valence-electron chi connectivity index (χ4n) is 3.28. The van der Waals surface area contributed by atoms with Crippen molar-refractivity contribution >= 4 is 16.7 Å². The minimum atomic E-state index is 0.853. The minimum absolute atomic E-state index is 0.853. The molecule has 4 rings (SSSR count). The maximum Gasteiger partial charge on any atom is 0.137 e. The van der Waals surface area contributed by atoms with Crippen LogP contribution in [0.3, 0.4) is 0 Å². The lowest BCUT2D eigenvalue weighted by Gasteiger charge is -2.13. The van der Waals surface area contributed by atoms with Crippen molar-refractivity contribution in [2.24, 2.45) is 0 Å². The van der Waals surface area contributed by atoms with Gasteiger partial charge in [0.05, 0.1) is 0 Å². The third-order valence-electron chi connectivity index (χ3n) is 4.84. The normalized spacial score (nSPS) is 11.0. The lowest BCUT2D eigenvalue weighted by Crippen LogP contribution is -2.13. The Balaban J connectivity index is 1.39. The number of hydrogen-bond donors (Lipinski definition) is 2. The zero-order valence-electron chi connectivity index (χ0n) is 15.7. The second-order valence-corrected chi connectivity index (χ2v) is 6.96. The van der Waals surface area contributed by atoms with E-state index in [1.807, 2.05) is 12.4 Å². The van der Waals surface area contributed by atoms with E-state index in [4.69, 9.17) is 0 Å². The van der Waals surface area contributed by atoms with Gasteiger partial charge >= 0.3 is 0 Å². The number of hydrogen-bond acceptors (Lipinski definition) is 3. The quantitative estimate of drug-likeness (QED) is 0.531. The first-order valence-corrected chi connectivity index (χ1v) is 9.19. The van der Waals surface area contributed by atoms with E-state index < -0.39 is 0 Å². The molecule has 0 bridgehead atoms. The van der Waals surface area contributed by atoms with E-state index in [1.165, 1.54) is 27.9 Å². The number of fused-ring (bicyclic) bond motifs is 1. The lowest BCUT2D eigenvalue weighted by molar-refractivity contribution is 0.693. The van der Waals surface area contributed by atoms with Gasteiger partial charge in [-0.05, 0) is 46.5 Å². The van der Waals surface area contributed by atoms with Gasteiger partial charge in [-0.25, -0.2) is 4.98 Å². The molecule has 0 saturated heterocycles. The summed E-state index contributed by atoms with van der Waals surface area (Å²) in [6.45, 7) is 1.72. The Morgan fingerprint density at radius 2 is 1.52 bits per heavy atom. The first kappa shape index (κ1) is 17.3. The van der Waals surface area contributed by atoms with Gasteiger partial charge in [0.25, 0.3) is 0 Å². The summed E-state index contributed by atoms with van der Waals surface area (Å²) < 4.78 is 0. The Labute approximate surface area is 159 Å². The number of nitrogens with zero attached hydrogens (tertiary/aromatic N) is 2. The average molecular weight is 356 g/mol. The maximum absolute atomic E-state index is 4.36. The largest absolute Gasteiger partial charge is 0.378 e. The summed E-state index contributed by atoms with van der Waals surface area (Å²) in [5.41, 5.74) is 7.15. The third kappa shape index (κ3) is 3.86. The molecule has 4 nitrogen and oxygen atoms in total. The molecular formula is C23H24N4. The predicted octanol–water partition coefficient (Wildman–Crippen LogP) is 4.59. The molecule has 2 aromatic heterocycles. The molecule has 0 atom stereocenters. The number of aromatic nitrogens is 2. The summed E-state index contributed by atoms with van der Waals surface area (Å²) >= 11 is 0. The van der Waals surface area contributed by atoms with E-state index in [2.05, 4.69) is 94.9 Å². The highest BCUT2D eigenvalue weighted by Crippen LogP contribution is 2.27. The number of nitrogens with one attached hydrogen (secondary N) is 2. The fourth-order valence-corrected chi connectivity index (χ4v) is 3.28. The van der Waals surface area contributed by atoms with E-state index in [9.17, 15) is 0 Å². The zero-order chi connectivity index (χ0) is 18.6. The highest BCUT2D eigenvalue weighted by molar-refractivity contribution is 5.92. The van der Waals surface area contributed by atoms with Crippen molar-refractivity contribution < 1.29 is 0 Å². The van der Waals surface area contributed by atoms with E-state index in [0.717, 1.165) is 24.1 Å². The van der Waals surface area contributed by atoms with Gasteiger partial charge in [0, 0.05) is 50.7 Å². The predicted molar refractivity (Wildman–Crippen MR) is 113 cm³/mol. The Bertz CT molecular complexity index is 1010. The molecule has 4 heteroatoms.